The predicted octanol–water partition coefficient (Wildman–Crippen LogP) is 2.14. The van der Waals surface area contributed by atoms with E-state index in [1.54, 1.807) is 13.8 Å². The van der Waals surface area contributed by atoms with E-state index in [0.717, 1.165) is 11.1 Å². The van der Waals surface area contributed by atoms with Crippen LogP contribution in [0, 0.1) is 6.92 Å². The van der Waals surface area contributed by atoms with Crippen LogP contribution >= 0.6 is 0 Å². The highest BCUT2D eigenvalue weighted by molar-refractivity contribution is 5.99. The first kappa shape index (κ1) is 20.2. The first-order valence-corrected chi connectivity index (χ1v) is 9.33. The number of aryl methyl sites for hydroxylation is 1. The number of nitrogens with one attached hydrogen (secondary N) is 1. The molecule has 0 fully saturated rings. The highest BCUT2D eigenvalue weighted by atomic mass is 16.5. The second-order valence-electron chi connectivity index (χ2n) is 6.52. The molecule has 2 heterocycles. The number of carbonyl (C=O) groups is 2. The molecule has 9 heteroatoms. The number of hydrogen-bond donors (Lipinski definition) is 1. The van der Waals surface area contributed by atoms with Crippen LogP contribution in [0.4, 0.5) is 0 Å². The van der Waals surface area contributed by atoms with Gasteiger partial charge in [-0.05, 0) is 25.8 Å². The molecule has 1 amide bonds. The summed E-state index contributed by atoms with van der Waals surface area (Å²) in [4.78, 5) is 41.8. The van der Waals surface area contributed by atoms with Crippen LogP contribution in [0.5, 0.6) is 0 Å². The van der Waals surface area contributed by atoms with Crippen molar-refractivity contribution in [3.8, 4) is 0 Å². The van der Waals surface area contributed by atoms with Crippen LogP contribution in [0.15, 0.2) is 39.9 Å². The molecule has 1 N–H and O–H groups in total. The number of ether oxygens (including phenoxy) is 1. The monoisotopic (exact) mass is 398 g/mol. The fourth-order valence-electron chi connectivity index (χ4n) is 2.94. The molecule has 0 aliphatic carbocycles. The Morgan fingerprint density at radius 1 is 1.24 bits per heavy atom. The molecule has 0 bridgehead atoms. The molecule has 152 valence electrons. The van der Waals surface area contributed by atoms with E-state index in [0.29, 0.717) is 13.0 Å². The standard InChI is InChI=1S/C20H22N4O5/c1-4-14(17(25)21-10-13-8-6-12(3)7-9-13)24-11-22-18-15(19(24)26)16(23-29-18)20(27)28-5-2/h6-9,11,14H,4-5,10H2,1-3H3,(H,21,25)/t14-/m0/s1. The smallest absolute Gasteiger partial charge is 0.361 e. The first-order valence-electron chi connectivity index (χ1n) is 9.33. The van der Waals surface area contributed by atoms with E-state index in [-0.39, 0.29) is 29.3 Å². The summed E-state index contributed by atoms with van der Waals surface area (Å²) >= 11 is 0. The Bertz CT molecular complexity index is 1080. The van der Waals surface area contributed by atoms with Gasteiger partial charge in [-0.15, -0.1) is 0 Å². The summed E-state index contributed by atoms with van der Waals surface area (Å²) in [6.07, 6.45) is 1.58. The second kappa shape index (κ2) is 8.68. The van der Waals surface area contributed by atoms with Gasteiger partial charge in [0.25, 0.3) is 11.3 Å². The van der Waals surface area contributed by atoms with Gasteiger partial charge in [-0.1, -0.05) is 41.9 Å². The second-order valence-corrected chi connectivity index (χ2v) is 6.52. The van der Waals surface area contributed by atoms with Gasteiger partial charge in [0.05, 0.1) is 6.61 Å². The molecular weight excluding hydrogens is 376 g/mol. The van der Waals surface area contributed by atoms with Crippen molar-refractivity contribution in [3.05, 3.63) is 57.8 Å². The van der Waals surface area contributed by atoms with Crippen molar-refractivity contribution in [2.45, 2.75) is 39.8 Å². The summed E-state index contributed by atoms with van der Waals surface area (Å²) in [5, 5.41) is 6.34. The largest absolute Gasteiger partial charge is 0.461 e. The maximum atomic E-state index is 13.0. The third kappa shape index (κ3) is 4.18. The molecule has 3 aromatic rings. The molecule has 0 spiro atoms. The lowest BCUT2D eigenvalue weighted by Crippen LogP contribution is -2.37. The average Bonchev–Trinajstić information content (AvgIpc) is 3.15. The molecule has 1 atom stereocenters. The van der Waals surface area contributed by atoms with Gasteiger partial charge in [0.15, 0.2) is 0 Å². The van der Waals surface area contributed by atoms with Crippen molar-refractivity contribution in [3.63, 3.8) is 0 Å². The van der Waals surface area contributed by atoms with Crippen molar-refractivity contribution >= 4 is 23.0 Å². The topological polar surface area (TPSA) is 116 Å². The zero-order valence-corrected chi connectivity index (χ0v) is 16.5. The fourth-order valence-corrected chi connectivity index (χ4v) is 2.94. The number of rotatable bonds is 7. The summed E-state index contributed by atoms with van der Waals surface area (Å²) < 4.78 is 11.1. The van der Waals surface area contributed by atoms with Gasteiger partial charge in [-0.3, -0.25) is 14.2 Å². The molecule has 29 heavy (non-hydrogen) atoms. The Labute approximate surface area is 166 Å². The number of hydrogen-bond acceptors (Lipinski definition) is 7. The third-order valence-corrected chi connectivity index (χ3v) is 4.50. The fraction of sp³-hybridized carbons (Fsp3) is 0.350. The number of esters is 1. The van der Waals surface area contributed by atoms with Crippen molar-refractivity contribution in [2.75, 3.05) is 6.61 Å². The van der Waals surface area contributed by atoms with Crippen LogP contribution in [-0.4, -0.2) is 33.2 Å². The molecule has 2 aromatic heterocycles. The van der Waals surface area contributed by atoms with Gasteiger partial charge in [0.2, 0.25) is 11.6 Å². The highest BCUT2D eigenvalue weighted by Crippen LogP contribution is 2.16. The number of carbonyl (C=O) groups excluding carboxylic acids is 2. The molecule has 1 aromatic carbocycles. The van der Waals surface area contributed by atoms with Crippen LogP contribution in [0.2, 0.25) is 0 Å². The van der Waals surface area contributed by atoms with E-state index in [9.17, 15) is 14.4 Å². The zero-order chi connectivity index (χ0) is 21.0. The van der Waals surface area contributed by atoms with E-state index < -0.39 is 17.6 Å². The minimum atomic E-state index is -0.796. The quantitative estimate of drug-likeness (QED) is 0.606. The van der Waals surface area contributed by atoms with E-state index in [1.807, 2.05) is 31.2 Å². The van der Waals surface area contributed by atoms with Gasteiger partial charge in [0, 0.05) is 6.54 Å². The summed E-state index contributed by atoms with van der Waals surface area (Å²) in [7, 11) is 0. The third-order valence-electron chi connectivity index (χ3n) is 4.50. The first-order chi connectivity index (χ1) is 14.0. The van der Waals surface area contributed by atoms with Crippen molar-refractivity contribution in [1.82, 2.24) is 20.0 Å². The highest BCUT2D eigenvalue weighted by Gasteiger charge is 2.26. The van der Waals surface area contributed by atoms with E-state index >= 15 is 0 Å². The maximum absolute atomic E-state index is 13.0. The van der Waals surface area contributed by atoms with Crippen LogP contribution < -0.4 is 10.9 Å². The Balaban J connectivity index is 1.88. The molecule has 3 rings (SSSR count). The van der Waals surface area contributed by atoms with Gasteiger partial charge in [-0.2, -0.15) is 0 Å². The van der Waals surface area contributed by atoms with E-state index in [1.165, 1.54) is 10.9 Å². The van der Waals surface area contributed by atoms with Crippen molar-refractivity contribution in [2.24, 2.45) is 0 Å². The zero-order valence-electron chi connectivity index (χ0n) is 16.5. The van der Waals surface area contributed by atoms with Crippen LogP contribution in [-0.2, 0) is 16.1 Å². The Hall–Kier alpha value is -3.49. The lowest BCUT2D eigenvalue weighted by Gasteiger charge is -2.17. The van der Waals surface area contributed by atoms with Gasteiger partial charge < -0.3 is 14.6 Å². The molecule has 0 unspecified atom stereocenters. The van der Waals surface area contributed by atoms with Crippen LogP contribution in [0.3, 0.4) is 0 Å². The molecule has 0 saturated carbocycles. The molecule has 0 aliphatic heterocycles. The number of nitrogens with zero attached hydrogens (tertiary/aromatic N) is 3. The lowest BCUT2D eigenvalue weighted by molar-refractivity contribution is -0.124. The molecule has 0 radical (unpaired) electrons. The molecule has 9 nitrogen and oxygen atoms in total. The maximum Gasteiger partial charge on any atom is 0.361 e. The molecule has 0 saturated heterocycles. The van der Waals surface area contributed by atoms with Crippen molar-refractivity contribution < 1.29 is 18.8 Å². The number of benzene rings is 1. The summed E-state index contributed by atoms with van der Waals surface area (Å²) in [5.41, 5.74) is 1.16. The van der Waals surface area contributed by atoms with Gasteiger partial charge in [-0.25, -0.2) is 9.78 Å². The van der Waals surface area contributed by atoms with Crippen molar-refractivity contribution in [1.29, 1.82) is 0 Å². The summed E-state index contributed by atoms with van der Waals surface area (Å²) in [6, 6.07) is 6.99. The van der Waals surface area contributed by atoms with Gasteiger partial charge >= 0.3 is 5.97 Å². The average molecular weight is 398 g/mol. The summed E-state index contributed by atoms with van der Waals surface area (Å²) in [6.45, 7) is 5.87. The van der Waals surface area contributed by atoms with Crippen LogP contribution in [0.25, 0.3) is 11.1 Å². The number of fused-ring (bicyclic) bond motifs is 1. The lowest BCUT2D eigenvalue weighted by atomic mass is 10.1. The van der Waals surface area contributed by atoms with Gasteiger partial charge in [0.1, 0.15) is 17.8 Å². The van der Waals surface area contributed by atoms with Crippen LogP contribution in [0.1, 0.15) is 47.9 Å². The Morgan fingerprint density at radius 2 is 1.97 bits per heavy atom. The molecular formula is C20H22N4O5. The SMILES string of the molecule is CCOC(=O)c1noc2ncn([C@@H](CC)C(=O)NCc3ccc(C)cc3)c(=O)c12. The number of amides is 1. The number of aromatic nitrogens is 3. The predicted molar refractivity (Wildman–Crippen MR) is 104 cm³/mol. The molecule has 0 aliphatic rings. The minimum Gasteiger partial charge on any atom is -0.461 e. The Kier molecular flexibility index (Phi) is 6.06. The van der Waals surface area contributed by atoms with E-state index in [4.69, 9.17) is 9.26 Å². The Morgan fingerprint density at radius 3 is 2.62 bits per heavy atom. The van der Waals surface area contributed by atoms with E-state index in [2.05, 4.69) is 15.5 Å². The summed E-state index contributed by atoms with van der Waals surface area (Å²) in [5.74, 6) is -1.11. The normalized spacial score (nSPS) is 12.0. The minimum absolute atomic E-state index is 0.0794.